The van der Waals surface area contributed by atoms with Crippen LogP contribution in [0.15, 0.2) is 28.7 Å². The average molecular weight is 347 g/mol. The number of rotatable bonds is 4. The second-order valence-electron chi connectivity index (χ2n) is 4.94. The molecule has 0 aromatic heterocycles. The van der Waals surface area contributed by atoms with E-state index < -0.39 is 9.84 Å². The van der Waals surface area contributed by atoms with Crippen molar-refractivity contribution in [3.05, 3.63) is 28.7 Å². The molecule has 0 amide bonds. The molecule has 106 valence electrons. The van der Waals surface area contributed by atoms with Crippen LogP contribution in [0.25, 0.3) is 0 Å². The van der Waals surface area contributed by atoms with Gasteiger partial charge < -0.3 is 4.90 Å². The fourth-order valence-corrected chi connectivity index (χ4v) is 3.17. The van der Waals surface area contributed by atoms with Crippen molar-refractivity contribution in [2.45, 2.75) is 0 Å². The molecule has 1 aliphatic rings. The lowest BCUT2D eigenvalue weighted by Crippen LogP contribution is -2.47. The van der Waals surface area contributed by atoms with E-state index in [1.54, 1.807) is 0 Å². The molecular formula is C13H19BrN2O2S. The summed E-state index contributed by atoms with van der Waals surface area (Å²) in [6.07, 6.45) is 1.30. The summed E-state index contributed by atoms with van der Waals surface area (Å²) in [6, 6.07) is 8.28. The Morgan fingerprint density at radius 2 is 1.89 bits per heavy atom. The van der Waals surface area contributed by atoms with Crippen molar-refractivity contribution in [3.8, 4) is 0 Å². The number of sulfone groups is 1. The smallest absolute Gasteiger partial charge is 0.148 e. The van der Waals surface area contributed by atoms with Crippen LogP contribution < -0.4 is 4.90 Å². The minimum absolute atomic E-state index is 0.254. The Hall–Kier alpha value is -0.590. The third kappa shape index (κ3) is 4.78. The summed E-state index contributed by atoms with van der Waals surface area (Å²) < 4.78 is 23.4. The van der Waals surface area contributed by atoms with Gasteiger partial charge in [0.25, 0.3) is 0 Å². The summed E-state index contributed by atoms with van der Waals surface area (Å²) in [5.41, 5.74) is 1.22. The molecule has 0 N–H and O–H groups in total. The molecule has 2 rings (SSSR count). The van der Waals surface area contributed by atoms with Gasteiger partial charge in [-0.05, 0) is 18.2 Å². The summed E-state index contributed by atoms with van der Waals surface area (Å²) >= 11 is 3.48. The Morgan fingerprint density at radius 3 is 2.47 bits per heavy atom. The molecule has 1 aliphatic heterocycles. The maximum Gasteiger partial charge on any atom is 0.148 e. The highest BCUT2D eigenvalue weighted by atomic mass is 79.9. The molecule has 0 saturated carbocycles. The van der Waals surface area contributed by atoms with E-state index >= 15 is 0 Å². The minimum atomic E-state index is -2.86. The monoisotopic (exact) mass is 346 g/mol. The van der Waals surface area contributed by atoms with Gasteiger partial charge in [0.15, 0.2) is 0 Å². The molecule has 19 heavy (non-hydrogen) atoms. The Kier molecular flexibility index (Phi) is 4.86. The number of hydrogen-bond donors (Lipinski definition) is 0. The second kappa shape index (κ2) is 6.24. The number of halogens is 1. The summed E-state index contributed by atoms with van der Waals surface area (Å²) in [5.74, 6) is 0.254. The first kappa shape index (κ1) is 14.8. The zero-order chi connectivity index (χ0) is 13.9. The van der Waals surface area contributed by atoms with Crippen molar-refractivity contribution < 1.29 is 8.42 Å². The van der Waals surface area contributed by atoms with Crippen LogP contribution in [0.3, 0.4) is 0 Å². The average Bonchev–Trinajstić information content (AvgIpc) is 2.36. The molecule has 1 aromatic carbocycles. The zero-order valence-corrected chi connectivity index (χ0v) is 13.5. The molecule has 0 spiro atoms. The molecule has 0 atom stereocenters. The highest BCUT2D eigenvalue weighted by Crippen LogP contribution is 2.21. The van der Waals surface area contributed by atoms with Crippen LogP contribution in [0.1, 0.15) is 0 Å². The lowest BCUT2D eigenvalue weighted by atomic mass is 10.2. The van der Waals surface area contributed by atoms with Crippen molar-refractivity contribution >= 4 is 31.5 Å². The second-order valence-corrected chi connectivity index (χ2v) is 8.11. The van der Waals surface area contributed by atoms with Crippen molar-refractivity contribution in [1.29, 1.82) is 0 Å². The largest absolute Gasteiger partial charge is 0.369 e. The van der Waals surface area contributed by atoms with Crippen LogP contribution >= 0.6 is 15.9 Å². The van der Waals surface area contributed by atoms with E-state index in [1.165, 1.54) is 11.9 Å². The predicted octanol–water partition coefficient (Wildman–Crippen LogP) is 1.62. The Morgan fingerprint density at radius 1 is 1.21 bits per heavy atom. The van der Waals surface area contributed by atoms with Gasteiger partial charge in [-0.3, -0.25) is 4.90 Å². The normalized spacial score (nSPS) is 17.7. The van der Waals surface area contributed by atoms with Crippen molar-refractivity contribution in [2.75, 3.05) is 49.6 Å². The highest BCUT2D eigenvalue weighted by Gasteiger charge is 2.18. The number of nitrogens with zero attached hydrogens (tertiary/aromatic N) is 2. The van der Waals surface area contributed by atoms with E-state index in [0.717, 1.165) is 30.7 Å². The third-order valence-electron chi connectivity index (χ3n) is 3.32. The van der Waals surface area contributed by atoms with E-state index in [2.05, 4.69) is 37.9 Å². The molecule has 0 unspecified atom stereocenters. The van der Waals surface area contributed by atoms with E-state index in [1.807, 2.05) is 12.1 Å². The lowest BCUT2D eigenvalue weighted by Gasteiger charge is -2.36. The molecular weight excluding hydrogens is 328 g/mol. The van der Waals surface area contributed by atoms with Crippen LogP contribution in [0.5, 0.6) is 0 Å². The van der Waals surface area contributed by atoms with Gasteiger partial charge in [0.2, 0.25) is 0 Å². The van der Waals surface area contributed by atoms with Gasteiger partial charge in [0.1, 0.15) is 9.84 Å². The molecule has 6 heteroatoms. The van der Waals surface area contributed by atoms with Gasteiger partial charge in [-0.2, -0.15) is 0 Å². The van der Waals surface area contributed by atoms with Gasteiger partial charge >= 0.3 is 0 Å². The molecule has 0 aliphatic carbocycles. The number of hydrogen-bond acceptors (Lipinski definition) is 4. The van der Waals surface area contributed by atoms with Gasteiger partial charge in [0.05, 0.1) is 5.75 Å². The maximum absolute atomic E-state index is 11.2. The Balaban J connectivity index is 1.86. The van der Waals surface area contributed by atoms with Gasteiger partial charge in [-0.15, -0.1) is 0 Å². The van der Waals surface area contributed by atoms with Crippen LogP contribution in [0, 0.1) is 0 Å². The Bertz CT molecular complexity index is 525. The maximum atomic E-state index is 11.2. The SMILES string of the molecule is CS(=O)(=O)CCN1CCN(c2cccc(Br)c2)CC1. The van der Waals surface area contributed by atoms with Crippen LogP contribution in [0.2, 0.25) is 0 Å². The summed E-state index contributed by atoms with van der Waals surface area (Å²) in [5, 5.41) is 0. The summed E-state index contributed by atoms with van der Waals surface area (Å²) in [7, 11) is -2.86. The van der Waals surface area contributed by atoms with Crippen LogP contribution in [-0.4, -0.2) is 58.1 Å². The topological polar surface area (TPSA) is 40.6 Å². The molecule has 1 heterocycles. The van der Waals surface area contributed by atoms with Gasteiger partial charge in [-0.25, -0.2) is 8.42 Å². The highest BCUT2D eigenvalue weighted by molar-refractivity contribution is 9.10. The van der Waals surface area contributed by atoms with E-state index in [-0.39, 0.29) is 5.75 Å². The molecule has 0 radical (unpaired) electrons. The minimum Gasteiger partial charge on any atom is -0.369 e. The summed E-state index contributed by atoms with van der Waals surface area (Å²) in [4.78, 5) is 4.55. The molecule has 1 aromatic rings. The Labute approximate surface area is 123 Å². The lowest BCUT2D eigenvalue weighted by molar-refractivity contribution is 0.272. The quantitative estimate of drug-likeness (QED) is 0.830. The summed E-state index contributed by atoms with van der Waals surface area (Å²) in [6.45, 7) is 4.37. The fourth-order valence-electron chi connectivity index (χ4n) is 2.20. The third-order valence-corrected chi connectivity index (χ3v) is 4.74. The van der Waals surface area contributed by atoms with Gasteiger partial charge in [0, 0.05) is 49.1 Å². The van der Waals surface area contributed by atoms with Crippen LogP contribution in [0.4, 0.5) is 5.69 Å². The predicted molar refractivity (Wildman–Crippen MR) is 82.5 cm³/mol. The van der Waals surface area contributed by atoms with Gasteiger partial charge in [-0.1, -0.05) is 22.0 Å². The molecule has 0 bridgehead atoms. The first-order valence-electron chi connectivity index (χ1n) is 6.35. The first-order chi connectivity index (χ1) is 8.94. The van der Waals surface area contributed by atoms with Crippen molar-refractivity contribution in [1.82, 2.24) is 4.90 Å². The number of piperazine rings is 1. The zero-order valence-electron chi connectivity index (χ0n) is 11.0. The fraction of sp³-hybridized carbons (Fsp3) is 0.538. The number of anilines is 1. The van der Waals surface area contributed by atoms with Crippen LogP contribution in [-0.2, 0) is 9.84 Å². The standard InChI is InChI=1S/C13H19BrN2O2S/c1-19(17,18)10-9-15-5-7-16(8-6-15)13-4-2-3-12(14)11-13/h2-4,11H,5-10H2,1H3. The van der Waals surface area contributed by atoms with Crippen molar-refractivity contribution in [3.63, 3.8) is 0 Å². The van der Waals surface area contributed by atoms with E-state index in [4.69, 9.17) is 0 Å². The molecule has 1 saturated heterocycles. The molecule has 4 nitrogen and oxygen atoms in total. The van der Waals surface area contributed by atoms with Crippen molar-refractivity contribution in [2.24, 2.45) is 0 Å². The first-order valence-corrected chi connectivity index (χ1v) is 9.20. The number of benzene rings is 1. The van der Waals surface area contributed by atoms with E-state index in [0.29, 0.717) is 6.54 Å². The molecule has 1 fully saturated rings. The van der Waals surface area contributed by atoms with E-state index in [9.17, 15) is 8.42 Å².